The first-order chi connectivity index (χ1) is 9.69. The van der Waals surface area contributed by atoms with Crippen molar-refractivity contribution in [3.05, 3.63) is 35.4 Å². The van der Waals surface area contributed by atoms with Crippen molar-refractivity contribution in [1.82, 2.24) is 5.32 Å². The maximum absolute atomic E-state index is 6.54. The average Bonchev–Trinajstić information content (AvgIpc) is 2.48. The van der Waals surface area contributed by atoms with Gasteiger partial charge in [0, 0.05) is 13.1 Å². The molecule has 3 rings (SSSR count). The van der Waals surface area contributed by atoms with Crippen molar-refractivity contribution in [3.8, 4) is 0 Å². The lowest BCUT2D eigenvalue weighted by Gasteiger charge is -2.44. The minimum Gasteiger partial charge on any atom is -0.364 e. The van der Waals surface area contributed by atoms with Crippen LogP contribution in [0, 0.1) is 0 Å². The minimum atomic E-state index is 0.109. The maximum Gasteiger partial charge on any atom is 0.0957 e. The fourth-order valence-corrected chi connectivity index (χ4v) is 3.59. The van der Waals surface area contributed by atoms with Gasteiger partial charge in [-0.15, -0.1) is 0 Å². The molecule has 110 valence electrons. The van der Waals surface area contributed by atoms with Crippen LogP contribution in [0.25, 0.3) is 0 Å². The summed E-state index contributed by atoms with van der Waals surface area (Å²) in [7, 11) is 0. The summed E-state index contributed by atoms with van der Waals surface area (Å²) in [6.07, 6.45) is 6.68. The van der Waals surface area contributed by atoms with E-state index in [0.29, 0.717) is 5.92 Å². The van der Waals surface area contributed by atoms with Crippen LogP contribution in [0.2, 0.25) is 0 Å². The van der Waals surface area contributed by atoms with Gasteiger partial charge in [-0.3, -0.25) is 0 Å². The molecule has 1 aromatic rings. The summed E-state index contributed by atoms with van der Waals surface area (Å²) in [6, 6.07) is 9.02. The lowest BCUT2D eigenvalue weighted by Crippen LogP contribution is -2.51. The molecule has 0 radical (unpaired) electrons. The van der Waals surface area contributed by atoms with Gasteiger partial charge in [-0.05, 0) is 29.9 Å². The predicted octanol–water partition coefficient (Wildman–Crippen LogP) is 4.17. The standard InChI is InChI=1S/C18H27NO/c1-14(2)15-6-8-16(9-7-15)17-12-19-13-18(20-17)10-4-3-5-11-18/h6-9,14,17,19H,3-5,10-13H2,1-2H3. The molecule has 1 N–H and O–H groups in total. The summed E-state index contributed by atoms with van der Waals surface area (Å²) in [6.45, 7) is 6.46. The molecule has 1 unspecified atom stereocenters. The van der Waals surface area contributed by atoms with Crippen molar-refractivity contribution in [2.24, 2.45) is 0 Å². The highest BCUT2D eigenvalue weighted by Crippen LogP contribution is 2.37. The van der Waals surface area contributed by atoms with Crippen molar-refractivity contribution < 1.29 is 4.74 Å². The van der Waals surface area contributed by atoms with Gasteiger partial charge in [-0.1, -0.05) is 57.4 Å². The minimum absolute atomic E-state index is 0.109. The zero-order valence-corrected chi connectivity index (χ0v) is 12.8. The van der Waals surface area contributed by atoms with Gasteiger partial charge in [-0.2, -0.15) is 0 Å². The number of morpholine rings is 1. The smallest absolute Gasteiger partial charge is 0.0957 e. The fraction of sp³-hybridized carbons (Fsp3) is 0.667. The lowest BCUT2D eigenvalue weighted by molar-refractivity contribution is -0.135. The topological polar surface area (TPSA) is 21.3 Å². The summed E-state index contributed by atoms with van der Waals surface area (Å²) in [5.74, 6) is 0.596. The van der Waals surface area contributed by atoms with Crippen molar-refractivity contribution in [2.75, 3.05) is 13.1 Å². The Bertz CT molecular complexity index is 426. The molecule has 1 aliphatic heterocycles. The third-order valence-electron chi connectivity index (χ3n) is 4.91. The van der Waals surface area contributed by atoms with Gasteiger partial charge in [-0.25, -0.2) is 0 Å². The van der Waals surface area contributed by atoms with Gasteiger partial charge in [0.25, 0.3) is 0 Å². The zero-order valence-electron chi connectivity index (χ0n) is 12.8. The van der Waals surface area contributed by atoms with Crippen LogP contribution in [0.5, 0.6) is 0 Å². The molecule has 0 amide bonds. The molecule has 1 aromatic carbocycles. The van der Waals surface area contributed by atoms with E-state index in [9.17, 15) is 0 Å². The first kappa shape index (κ1) is 14.1. The van der Waals surface area contributed by atoms with Crippen LogP contribution in [0.3, 0.4) is 0 Å². The van der Waals surface area contributed by atoms with E-state index in [-0.39, 0.29) is 11.7 Å². The predicted molar refractivity (Wildman–Crippen MR) is 83.0 cm³/mol. The van der Waals surface area contributed by atoms with E-state index in [2.05, 4.69) is 43.4 Å². The summed E-state index contributed by atoms with van der Waals surface area (Å²) in [5.41, 5.74) is 2.84. The molecule has 1 heterocycles. The Balaban J connectivity index is 1.73. The van der Waals surface area contributed by atoms with Gasteiger partial charge in [0.1, 0.15) is 0 Å². The average molecular weight is 273 g/mol. The molecule has 2 nitrogen and oxygen atoms in total. The molecule has 20 heavy (non-hydrogen) atoms. The Hall–Kier alpha value is -0.860. The number of nitrogens with one attached hydrogen (secondary N) is 1. The second-order valence-electron chi connectivity index (χ2n) is 6.80. The van der Waals surface area contributed by atoms with Crippen molar-refractivity contribution >= 4 is 0 Å². The molecule has 0 aromatic heterocycles. The normalized spacial score (nSPS) is 26.1. The van der Waals surface area contributed by atoms with Crippen molar-refractivity contribution in [1.29, 1.82) is 0 Å². The van der Waals surface area contributed by atoms with Gasteiger partial charge in [0.15, 0.2) is 0 Å². The van der Waals surface area contributed by atoms with Gasteiger partial charge < -0.3 is 10.1 Å². The Morgan fingerprint density at radius 2 is 1.80 bits per heavy atom. The van der Waals surface area contributed by atoms with E-state index < -0.39 is 0 Å². The molecular weight excluding hydrogens is 246 g/mol. The highest BCUT2D eigenvalue weighted by atomic mass is 16.5. The number of benzene rings is 1. The number of ether oxygens (including phenoxy) is 1. The monoisotopic (exact) mass is 273 g/mol. The molecule has 2 fully saturated rings. The molecular formula is C18H27NO. The van der Waals surface area contributed by atoms with Crippen LogP contribution in [0.1, 0.15) is 69.1 Å². The molecule has 1 saturated heterocycles. The third-order valence-corrected chi connectivity index (χ3v) is 4.91. The Kier molecular flexibility index (Phi) is 4.13. The highest BCUT2D eigenvalue weighted by molar-refractivity contribution is 5.27. The second kappa shape index (κ2) is 5.87. The van der Waals surface area contributed by atoms with E-state index >= 15 is 0 Å². The quantitative estimate of drug-likeness (QED) is 0.873. The molecule has 1 aliphatic carbocycles. The van der Waals surface area contributed by atoms with Crippen LogP contribution in [0.15, 0.2) is 24.3 Å². The van der Waals surface area contributed by atoms with E-state index in [1.165, 1.54) is 43.2 Å². The summed E-state index contributed by atoms with van der Waals surface area (Å²) < 4.78 is 6.54. The molecule has 2 aliphatic rings. The van der Waals surface area contributed by atoms with Crippen LogP contribution in [0.4, 0.5) is 0 Å². The van der Waals surface area contributed by atoms with Gasteiger partial charge in [0.2, 0.25) is 0 Å². The summed E-state index contributed by atoms with van der Waals surface area (Å²) in [4.78, 5) is 0. The summed E-state index contributed by atoms with van der Waals surface area (Å²) in [5, 5.41) is 3.61. The Morgan fingerprint density at radius 3 is 2.45 bits per heavy atom. The zero-order chi connectivity index (χ0) is 14.0. The first-order valence-electron chi connectivity index (χ1n) is 8.17. The number of hydrogen-bond donors (Lipinski definition) is 1. The fourth-order valence-electron chi connectivity index (χ4n) is 3.59. The number of hydrogen-bond acceptors (Lipinski definition) is 2. The van der Waals surface area contributed by atoms with Gasteiger partial charge in [0.05, 0.1) is 11.7 Å². The Morgan fingerprint density at radius 1 is 1.10 bits per heavy atom. The second-order valence-corrected chi connectivity index (χ2v) is 6.80. The van der Waals surface area contributed by atoms with Crippen LogP contribution < -0.4 is 5.32 Å². The van der Waals surface area contributed by atoms with E-state index in [1.807, 2.05) is 0 Å². The number of rotatable bonds is 2. The van der Waals surface area contributed by atoms with E-state index in [1.54, 1.807) is 0 Å². The van der Waals surface area contributed by atoms with Crippen LogP contribution in [-0.2, 0) is 4.74 Å². The maximum atomic E-state index is 6.54. The SMILES string of the molecule is CC(C)c1ccc(C2CNCC3(CCCCC3)O2)cc1. The van der Waals surface area contributed by atoms with E-state index in [0.717, 1.165) is 13.1 Å². The molecule has 0 bridgehead atoms. The van der Waals surface area contributed by atoms with Crippen LogP contribution in [-0.4, -0.2) is 18.7 Å². The first-order valence-corrected chi connectivity index (χ1v) is 8.17. The molecule has 1 atom stereocenters. The van der Waals surface area contributed by atoms with Gasteiger partial charge >= 0.3 is 0 Å². The molecule has 1 saturated carbocycles. The van der Waals surface area contributed by atoms with Crippen molar-refractivity contribution in [2.45, 2.75) is 63.6 Å². The Labute approximate surface area is 122 Å². The van der Waals surface area contributed by atoms with E-state index in [4.69, 9.17) is 4.74 Å². The van der Waals surface area contributed by atoms with Crippen molar-refractivity contribution in [3.63, 3.8) is 0 Å². The molecule has 1 spiro atoms. The third kappa shape index (κ3) is 2.91. The molecule has 2 heteroatoms. The lowest BCUT2D eigenvalue weighted by atomic mass is 9.83. The highest BCUT2D eigenvalue weighted by Gasteiger charge is 2.38. The summed E-state index contributed by atoms with van der Waals surface area (Å²) >= 11 is 0. The largest absolute Gasteiger partial charge is 0.364 e. The van der Waals surface area contributed by atoms with Crippen LogP contribution >= 0.6 is 0 Å².